The fourth-order valence-corrected chi connectivity index (χ4v) is 3.15. The van der Waals surface area contributed by atoms with Crippen LogP contribution in [0, 0.1) is 0 Å². The summed E-state index contributed by atoms with van der Waals surface area (Å²) in [5, 5.41) is 10.7. The van der Waals surface area contributed by atoms with Crippen molar-refractivity contribution in [3.8, 4) is 0 Å². The molecule has 1 unspecified atom stereocenters. The van der Waals surface area contributed by atoms with E-state index in [4.69, 9.17) is 9.72 Å². The molecule has 112 valence electrons. The van der Waals surface area contributed by atoms with Gasteiger partial charge in [-0.25, -0.2) is 4.98 Å². The van der Waals surface area contributed by atoms with E-state index < -0.39 is 0 Å². The normalized spacial score (nSPS) is 21.7. The van der Waals surface area contributed by atoms with Crippen molar-refractivity contribution in [3.05, 3.63) is 35.9 Å². The van der Waals surface area contributed by atoms with Gasteiger partial charge in [-0.15, -0.1) is 0 Å². The summed E-state index contributed by atoms with van der Waals surface area (Å²) in [6.45, 7) is 7.93. The summed E-state index contributed by atoms with van der Waals surface area (Å²) in [6, 6.07) is 9.95. The van der Waals surface area contributed by atoms with Crippen molar-refractivity contribution < 1.29 is 9.84 Å². The van der Waals surface area contributed by atoms with E-state index in [0.29, 0.717) is 0 Å². The molecule has 1 fully saturated rings. The van der Waals surface area contributed by atoms with Crippen LogP contribution in [0.15, 0.2) is 30.3 Å². The minimum Gasteiger partial charge on any atom is -0.392 e. The van der Waals surface area contributed by atoms with Gasteiger partial charge in [-0.05, 0) is 38.5 Å². The van der Waals surface area contributed by atoms with Gasteiger partial charge in [0.15, 0.2) is 0 Å². The van der Waals surface area contributed by atoms with E-state index in [0.717, 1.165) is 35.4 Å². The quantitative estimate of drug-likeness (QED) is 0.922. The molecule has 0 spiro atoms. The molecule has 2 aromatic rings. The molecule has 0 saturated carbocycles. The molecule has 0 amide bonds. The van der Waals surface area contributed by atoms with Crippen LogP contribution < -0.4 is 4.90 Å². The van der Waals surface area contributed by atoms with Crippen LogP contribution >= 0.6 is 0 Å². The highest BCUT2D eigenvalue weighted by molar-refractivity contribution is 5.84. The van der Waals surface area contributed by atoms with Gasteiger partial charge in [-0.2, -0.15) is 0 Å². The predicted molar refractivity (Wildman–Crippen MR) is 84.5 cm³/mol. The third-order valence-electron chi connectivity index (χ3n) is 3.85. The SMILES string of the molecule is CC1CN(c2cc(CO)c3ccccc3n2)CC(C)(C)O1. The molecule has 4 nitrogen and oxygen atoms in total. The summed E-state index contributed by atoms with van der Waals surface area (Å²) < 4.78 is 5.95. The van der Waals surface area contributed by atoms with Crippen LogP contribution in [0.25, 0.3) is 10.9 Å². The third kappa shape index (κ3) is 2.87. The molecule has 1 atom stereocenters. The van der Waals surface area contributed by atoms with Gasteiger partial charge < -0.3 is 14.7 Å². The Morgan fingerprint density at radius 2 is 2.14 bits per heavy atom. The van der Waals surface area contributed by atoms with Crippen LogP contribution in [0.2, 0.25) is 0 Å². The zero-order valence-corrected chi connectivity index (χ0v) is 12.8. The summed E-state index contributed by atoms with van der Waals surface area (Å²) in [4.78, 5) is 7.02. The number of hydrogen-bond donors (Lipinski definition) is 1. The number of rotatable bonds is 2. The van der Waals surface area contributed by atoms with Crippen molar-refractivity contribution in [2.45, 2.75) is 39.1 Å². The van der Waals surface area contributed by atoms with Crippen molar-refractivity contribution in [2.24, 2.45) is 0 Å². The molecule has 0 radical (unpaired) electrons. The number of para-hydroxylation sites is 1. The number of hydrogen-bond acceptors (Lipinski definition) is 4. The third-order valence-corrected chi connectivity index (χ3v) is 3.85. The van der Waals surface area contributed by atoms with E-state index in [-0.39, 0.29) is 18.3 Å². The summed E-state index contributed by atoms with van der Waals surface area (Å²) >= 11 is 0. The van der Waals surface area contributed by atoms with Gasteiger partial charge in [0.2, 0.25) is 0 Å². The zero-order chi connectivity index (χ0) is 15.0. The maximum atomic E-state index is 9.64. The van der Waals surface area contributed by atoms with Crippen molar-refractivity contribution in [2.75, 3.05) is 18.0 Å². The number of benzene rings is 1. The average Bonchev–Trinajstić information content (AvgIpc) is 2.44. The highest BCUT2D eigenvalue weighted by atomic mass is 16.5. The van der Waals surface area contributed by atoms with Crippen LogP contribution in [0.4, 0.5) is 5.82 Å². The Morgan fingerprint density at radius 3 is 2.86 bits per heavy atom. The van der Waals surface area contributed by atoms with E-state index in [9.17, 15) is 5.11 Å². The summed E-state index contributed by atoms with van der Waals surface area (Å²) in [5.41, 5.74) is 1.66. The first-order chi connectivity index (χ1) is 9.98. The summed E-state index contributed by atoms with van der Waals surface area (Å²) in [5.74, 6) is 0.918. The molecule has 2 heterocycles. The van der Waals surface area contributed by atoms with Gasteiger partial charge in [0, 0.05) is 18.5 Å². The Morgan fingerprint density at radius 1 is 1.38 bits per heavy atom. The average molecular weight is 286 g/mol. The van der Waals surface area contributed by atoms with Crippen LogP contribution in [-0.4, -0.2) is 34.9 Å². The fraction of sp³-hybridized carbons (Fsp3) is 0.471. The van der Waals surface area contributed by atoms with Gasteiger partial charge in [0.25, 0.3) is 0 Å². The van der Waals surface area contributed by atoms with Crippen molar-refractivity contribution in [3.63, 3.8) is 0 Å². The van der Waals surface area contributed by atoms with E-state index in [1.54, 1.807) is 0 Å². The topological polar surface area (TPSA) is 45.6 Å². The Kier molecular flexibility index (Phi) is 3.59. The molecule has 1 aliphatic heterocycles. The molecular formula is C17H22N2O2. The Bertz CT molecular complexity index is 654. The molecule has 1 aromatic heterocycles. The van der Waals surface area contributed by atoms with Crippen LogP contribution in [-0.2, 0) is 11.3 Å². The lowest BCUT2D eigenvalue weighted by Crippen LogP contribution is -2.52. The van der Waals surface area contributed by atoms with Gasteiger partial charge in [-0.1, -0.05) is 18.2 Å². The first kappa shape index (κ1) is 14.3. The number of fused-ring (bicyclic) bond motifs is 1. The highest BCUT2D eigenvalue weighted by Gasteiger charge is 2.32. The number of ether oxygens (including phenoxy) is 1. The Balaban J connectivity index is 2.04. The summed E-state index contributed by atoms with van der Waals surface area (Å²) in [6.07, 6.45) is 0.166. The maximum absolute atomic E-state index is 9.64. The molecule has 1 aromatic carbocycles. The highest BCUT2D eigenvalue weighted by Crippen LogP contribution is 2.28. The predicted octanol–water partition coefficient (Wildman–Crippen LogP) is 2.73. The lowest BCUT2D eigenvalue weighted by atomic mass is 10.0. The lowest BCUT2D eigenvalue weighted by molar-refractivity contribution is -0.0751. The van der Waals surface area contributed by atoms with Crippen LogP contribution in [0.1, 0.15) is 26.3 Å². The first-order valence-corrected chi connectivity index (χ1v) is 7.41. The Hall–Kier alpha value is -1.65. The molecule has 0 bridgehead atoms. The zero-order valence-electron chi connectivity index (χ0n) is 12.8. The van der Waals surface area contributed by atoms with E-state index >= 15 is 0 Å². The smallest absolute Gasteiger partial charge is 0.129 e. The maximum Gasteiger partial charge on any atom is 0.129 e. The molecule has 1 aliphatic rings. The molecular weight excluding hydrogens is 264 g/mol. The molecule has 0 aliphatic carbocycles. The van der Waals surface area contributed by atoms with Crippen molar-refractivity contribution in [1.82, 2.24) is 4.98 Å². The summed E-state index contributed by atoms with van der Waals surface area (Å²) in [7, 11) is 0. The molecule has 3 rings (SSSR count). The second-order valence-electron chi connectivity index (χ2n) is 6.38. The van der Waals surface area contributed by atoms with E-state index in [2.05, 4.69) is 25.7 Å². The van der Waals surface area contributed by atoms with Crippen molar-refractivity contribution in [1.29, 1.82) is 0 Å². The van der Waals surface area contributed by atoms with E-state index in [1.807, 2.05) is 30.3 Å². The second-order valence-corrected chi connectivity index (χ2v) is 6.38. The molecule has 1 saturated heterocycles. The molecule has 1 N–H and O–H groups in total. The number of nitrogens with zero attached hydrogens (tertiary/aromatic N) is 2. The van der Waals surface area contributed by atoms with Gasteiger partial charge in [-0.3, -0.25) is 0 Å². The number of aromatic nitrogens is 1. The van der Waals surface area contributed by atoms with Gasteiger partial charge in [0.05, 0.1) is 23.8 Å². The van der Waals surface area contributed by atoms with Crippen LogP contribution in [0.5, 0.6) is 0 Å². The number of morpholine rings is 1. The monoisotopic (exact) mass is 286 g/mol. The second kappa shape index (κ2) is 5.28. The van der Waals surface area contributed by atoms with Crippen LogP contribution in [0.3, 0.4) is 0 Å². The van der Waals surface area contributed by atoms with Gasteiger partial charge in [0.1, 0.15) is 5.82 Å². The largest absolute Gasteiger partial charge is 0.392 e. The standard InChI is InChI=1S/C17H22N2O2/c1-12-9-19(11-17(2,3)21-12)16-8-13(10-20)14-6-4-5-7-15(14)18-16/h4-8,12,20H,9-11H2,1-3H3. The number of aliphatic hydroxyl groups excluding tert-OH is 1. The fourth-order valence-electron chi connectivity index (χ4n) is 3.15. The Labute approximate surface area is 125 Å². The number of anilines is 1. The van der Waals surface area contributed by atoms with Crippen molar-refractivity contribution >= 4 is 16.7 Å². The van der Waals surface area contributed by atoms with Gasteiger partial charge >= 0.3 is 0 Å². The minimum atomic E-state index is -0.190. The first-order valence-electron chi connectivity index (χ1n) is 7.41. The van der Waals surface area contributed by atoms with E-state index in [1.165, 1.54) is 0 Å². The lowest BCUT2D eigenvalue weighted by Gasteiger charge is -2.42. The number of pyridine rings is 1. The molecule has 21 heavy (non-hydrogen) atoms. The number of aliphatic hydroxyl groups is 1. The minimum absolute atomic E-state index is 0.0271. The molecule has 4 heteroatoms.